The van der Waals surface area contributed by atoms with Crippen molar-refractivity contribution in [2.24, 2.45) is 5.92 Å². The van der Waals surface area contributed by atoms with Crippen LogP contribution in [-0.2, 0) is 16.1 Å². The molecule has 1 amide bonds. The Bertz CT molecular complexity index is 440. The SMILES string of the molecule is COCCn1cccc1C(=O)N[C@@H](C(=O)O)C(C)C. The van der Waals surface area contributed by atoms with E-state index in [-0.39, 0.29) is 11.8 Å². The average molecular weight is 268 g/mol. The van der Waals surface area contributed by atoms with Gasteiger partial charge in [0.05, 0.1) is 6.61 Å². The predicted molar refractivity (Wildman–Crippen MR) is 70.0 cm³/mol. The first-order valence-electron chi connectivity index (χ1n) is 6.15. The molecule has 0 radical (unpaired) electrons. The third-order valence-electron chi connectivity index (χ3n) is 2.82. The molecule has 1 aromatic heterocycles. The van der Waals surface area contributed by atoms with Gasteiger partial charge in [-0.15, -0.1) is 0 Å². The molecule has 0 unspecified atom stereocenters. The lowest BCUT2D eigenvalue weighted by Gasteiger charge is -2.18. The first-order valence-corrected chi connectivity index (χ1v) is 6.15. The number of methoxy groups -OCH3 is 1. The van der Waals surface area contributed by atoms with E-state index in [0.29, 0.717) is 18.8 Å². The zero-order valence-corrected chi connectivity index (χ0v) is 11.4. The minimum absolute atomic E-state index is 0.177. The van der Waals surface area contributed by atoms with Gasteiger partial charge in [-0.1, -0.05) is 13.8 Å². The molecule has 106 valence electrons. The summed E-state index contributed by atoms with van der Waals surface area (Å²) < 4.78 is 6.69. The van der Waals surface area contributed by atoms with Gasteiger partial charge in [0.1, 0.15) is 11.7 Å². The monoisotopic (exact) mass is 268 g/mol. The summed E-state index contributed by atoms with van der Waals surface area (Å²) in [6, 6.07) is 2.51. The van der Waals surface area contributed by atoms with Gasteiger partial charge < -0.3 is 19.7 Å². The molecule has 0 bridgehead atoms. The third kappa shape index (κ3) is 4.10. The molecule has 0 spiro atoms. The summed E-state index contributed by atoms with van der Waals surface area (Å²) in [5.74, 6) is -1.59. The predicted octanol–water partition coefficient (Wildman–Crippen LogP) is 0.973. The molecule has 0 aliphatic rings. The minimum Gasteiger partial charge on any atom is -0.480 e. The Hall–Kier alpha value is -1.82. The number of hydrogen-bond acceptors (Lipinski definition) is 3. The van der Waals surface area contributed by atoms with Crippen LogP contribution >= 0.6 is 0 Å². The smallest absolute Gasteiger partial charge is 0.326 e. The largest absolute Gasteiger partial charge is 0.480 e. The van der Waals surface area contributed by atoms with Crippen molar-refractivity contribution < 1.29 is 19.4 Å². The summed E-state index contributed by atoms with van der Waals surface area (Å²) in [6.45, 7) is 4.54. The average Bonchev–Trinajstić information content (AvgIpc) is 2.80. The Morgan fingerprint density at radius 1 is 1.47 bits per heavy atom. The maximum absolute atomic E-state index is 12.1. The second kappa shape index (κ2) is 6.94. The summed E-state index contributed by atoms with van der Waals surface area (Å²) in [7, 11) is 1.59. The summed E-state index contributed by atoms with van der Waals surface area (Å²) in [5.41, 5.74) is 0.434. The molecule has 0 aliphatic heterocycles. The second-order valence-electron chi connectivity index (χ2n) is 4.61. The van der Waals surface area contributed by atoms with Gasteiger partial charge in [-0.3, -0.25) is 4.79 Å². The summed E-state index contributed by atoms with van der Waals surface area (Å²) in [5, 5.41) is 11.6. The van der Waals surface area contributed by atoms with Crippen LogP contribution in [0.15, 0.2) is 18.3 Å². The summed E-state index contributed by atoms with van der Waals surface area (Å²) in [4.78, 5) is 23.1. The molecule has 1 rings (SSSR count). The molecule has 1 atom stereocenters. The van der Waals surface area contributed by atoms with Gasteiger partial charge in [0.15, 0.2) is 0 Å². The Morgan fingerprint density at radius 3 is 2.68 bits per heavy atom. The van der Waals surface area contributed by atoms with E-state index in [1.165, 1.54) is 0 Å². The summed E-state index contributed by atoms with van der Waals surface area (Å²) in [6.07, 6.45) is 1.76. The normalized spacial score (nSPS) is 12.4. The fraction of sp³-hybridized carbons (Fsp3) is 0.538. The van der Waals surface area contributed by atoms with Crippen molar-refractivity contribution in [3.63, 3.8) is 0 Å². The Kier molecular flexibility index (Phi) is 5.57. The number of carboxylic acid groups (broad SMARTS) is 1. The van der Waals surface area contributed by atoms with Gasteiger partial charge in [-0.25, -0.2) is 4.79 Å². The molecule has 0 saturated carbocycles. The Labute approximate surface area is 112 Å². The number of aliphatic carboxylic acids is 1. The maximum Gasteiger partial charge on any atom is 0.326 e. The molecule has 1 heterocycles. The van der Waals surface area contributed by atoms with E-state index in [0.717, 1.165) is 0 Å². The molecule has 2 N–H and O–H groups in total. The van der Waals surface area contributed by atoms with Gasteiger partial charge in [0, 0.05) is 19.9 Å². The number of ether oxygens (including phenoxy) is 1. The van der Waals surface area contributed by atoms with Gasteiger partial charge in [0.25, 0.3) is 5.91 Å². The van der Waals surface area contributed by atoms with Crippen LogP contribution in [0.25, 0.3) is 0 Å². The van der Waals surface area contributed by atoms with E-state index >= 15 is 0 Å². The van der Waals surface area contributed by atoms with Crippen LogP contribution in [0.5, 0.6) is 0 Å². The molecule has 19 heavy (non-hydrogen) atoms. The number of carbonyl (C=O) groups excluding carboxylic acids is 1. The zero-order chi connectivity index (χ0) is 14.4. The van der Waals surface area contributed by atoms with E-state index < -0.39 is 12.0 Å². The quantitative estimate of drug-likeness (QED) is 0.772. The highest BCUT2D eigenvalue weighted by Gasteiger charge is 2.24. The number of nitrogens with one attached hydrogen (secondary N) is 1. The van der Waals surface area contributed by atoms with Gasteiger partial charge in [-0.05, 0) is 18.1 Å². The molecule has 6 heteroatoms. The number of hydrogen-bond donors (Lipinski definition) is 2. The topological polar surface area (TPSA) is 80.6 Å². The molecule has 0 fully saturated rings. The van der Waals surface area contributed by atoms with Crippen LogP contribution in [0, 0.1) is 5.92 Å². The standard InChI is InChI=1S/C13H20N2O4/c1-9(2)11(13(17)18)14-12(16)10-5-4-6-15(10)7-8-19-3/h4-6,9,11H,7-8H2,1-3H3,(H,14,16)(H,17,18)/t11-/m1/s1. The number of rotatable bonds is 7. The fourth-order valence-electron chi connectivity index (χ4n) is 1.73. The number of carboxylic acids is 1. The van der Waals surface area contributed by atoms with Crippen LogP contribution < -0.4 is 5.32 Å². The van der Waals surface area contributed by atoms with Crippen LogP contribution in [0.3, 0.4) is 0 Å². The lowest BCUT2D eigenvalue weighted by atomic mass is 10.0. The lowest BCUT2D eigenvalue weighted by Crippen LogP contribution is -2.44. The van der Waals surface area contributed by atoms with Crippen molar-refractivity contribution in [3.05, 3.63) is 24.0 Å². The first-order chi connectivity index (χ1) is 8.97. The van der Waals surface area contributed by atoms with Crippen LogP contribution in [-0.4, -0.2) is 41.3 Å². The molecule has 0 aliphatic carbocycles. The first kappa shape index (κ1) is 15.2. The minimum atomic E-state index is -1.03. The third-order valence-corrected chi connectivity index (χ3v) is 2.82. The highest BCUT2D eigenvalue weighted by atomic mass is 16.5. The van der Waals surface area contributed by atoms with Crippen molar-refractivity contribution in [2.45, 2.75) is 26.4 Å². The number of amides is 1. The van der Waals surface area contributed by atoms with Crippen molar-refractivity contribution >= 4 is 11.9 Å². The van der Waals surface area contributed by atoms with Crippen molar-refractivity contribution in [1.29, 1.82) is 0 Å². The van der Waals surface area contributed by atoms with Gasteiger partial charge in [0.2, 0.25) is 0 Å². The van der Waals surface area contributed by atoms with E-state index in [1.807, 2.05) is 0 Å². The van der Waals surface area contributed by atoms with Gasteiger partial charge in [-0.2, -0.15) is 0 Å². The van der Waals surface area contributed by atoms with E-state index in [9.17, 15) is 9.59 Å². The van der Waals surface area contributed by atoms with Crippen molar-refractivity contribution in [3.8, 4) is 0 Å². The van der Waals surface area contributed by atoms with E-state index in [2.05, 4.69) is 5.32 Å². The molecule has 0 saturated heterocycles. The van der Waals surface area contributed by atoms with Gasteiger partial charge >= 0.3 is 5.97 Å². The number of aromatic nitrogens is 1. The maximum atomic E-state index is 12.1. The highest BCUT2D eigenvalue weighted by molar-refractivity contribution is 5.95. The molecular weight excluding hydrogens is 248 g/mol. The van der Waals surface area contributed by atoms with Crippen molar-refractivity contribution in [2.75, 3.05) is 13.7 Å². The molecule has 1 aromatic rings. The Balaban J connectivity index is 2.77. The second-order valence-corrected chi connectivity index (χ2v) is 4.61. The molecule has 0 aromatic carbocycles. The van der Waals surface area contributed by atoms with Crippen molar-refractivity contribution in [1.82, 2.24) is 9.88 Å². The Morgan fingerprint density at radius 2 is 2.16 bits per heavy atom. The van der Waals surface area contributed by atoms with E-state index in [1.54, 1.807) is 43.9 Å². The number of carbonyl (C=O) groups is 2. The fourth-order valence-corrected chi connectivity index (χ4v) is 1.73. The number of nitrogens with zero attached hydrogens (tertiary/aromatic N) is 1. The van der Waals surface area contributed by atoms with Crippen LogP contribution in [0.1, 0.15) is 24.3 Å². The molecule has 6 nitrogen and oxygen atoms in total. The van der Waals surface area contributed by atoms with E-state index in [4.69, 9.17) is 9.84 Å². The zero-order valence-electron chi connectivity index (χ0n) is 11.4. The summed E-state index contributed by atoms with van der Waals surface area (Å²) >= 11 is 0. The lowest BCUT2D eigenvalue weighted by molar-refractivity contribution is -0.140. The van der Waals surface area contributed by atoms with Crippen LogP contribution in [0.4, 0.5) is 0 Å². The highest BCUT2D eigenvalue weighted by Crippen LogP contribution is 2.06. The molecular formula is C13H20N2O4. The van der Waals surface area contributed by atoms with Crippen LogP contribution in [0.2, 0.25) is 0 Å².